The van der Waals surface area contributed by atoms with Crippen LogP contribution < -0.4 is 14.9 Å². The topological polar surface area (TPSA) is 51.3 Å². The maximum atomic E-state index is 13.0. The molecule has 0 aliphatic heterocycles. The summed E-state index contributed by atoms with van der Waals surface area (Å²) in [5, 5.41) is 0.590. The predicted molar refractivity (Wildman–Crippen MR) is 103 cm³/mol. The van der Waals surface area contributed by atoms with E-state index in [1.54, 1.807) is 19.4 Å². The first-order valence-corrected chi connectivity index (χ1v) is 8.28. The number of para-hydroxylation sites is 2. The third-order valence-corrected chi connectivity index (χ3v) is 4.25. The van der Waals surface area contributed by atoms with E-state index in [0.717, 1.165) is 17.1 Å². The van der Waals surface area contributed by atoms with Crippen LogP contribution in [0.25, 0.3) is 22.0 Å². The number of fused-ring (bicyclic) bond motifs is 1. The number of hydrogen-bond donors (Lipinski definition) is 1. The van der Waals surface area contributed by atoms with Crippen LogP contribution in [-0.4, -0.2) is 12.1 Å². The van der Waals surface area contributed by atoms with Crippen molar-refractivity contribution in [2.24, 2.45) is 0 Å². The number of rotatable bonds is 4. The van der Waals surface area contributed by atoms with Crippen LogP contribution in [0.1, 0.15) is 0 Å². The van der Waals surface area contributed by atoms with Gasteiger partial charge in [0.15, 0.2) is 11.2 Å². The highest BCUT2D eigenvalue weighted by molar-refractivity contribution is 5.88. The molecule has 1 aromatic heterocycles. The van der Waals surface area contributed by atoms with Crippen molar-refractivity contribution < 1.29 is 9.47 Å². The van der Waals surface area contributed by atoms with Crippen molar-refractivity contribution in [3.05, 3.63) is 89.2 Å². The number of methoxy groups -OCH3 is 1. The average Bonchev–Trinajstić information content (AvgIpc) is 2.70. The number of H-pyrrole nitrogens is 1. The molecule has 26 heavy (non-hydrogen) atoms. The first-order valence-electron chi connectivity index (χ1n) is 8.28. The Morgan fingerprint density at radius 3 is 2.31 bits per heavy atom. The van der Waals surface area contributed by atoms with Gasteiger partial charge in [-0.05, 0) is 42.0 Å². The van der Waals surface area contributed by atoms with Gasteiger partial charge in [-0.1, -0.05) is 36.4 Å². The number of hydrogen-bond acceptors (Lipinski definition) is 3. The maximum Gasteiger partial charge on any atom is 0.197 e. The first-order chi connectivity index (χ1) is 12.8. The van der Waals surface area contributed by atoms with Crippen molar-refractivity contribution in [1.82, 2.24) is 4.98 Å². The van der Waals surface area contributed by atoms with Crippen LogP contribution in [0.5, 0.6) is 17.2 Å². The molecule has 1 N–H and O–H groups in total. The molecule has 128 valence electrons. The van der Waals surface area contributed by atoms with Crippen LogP contribution in [0.2, 0.25) is 0 Å². The molecule has 4 rings (SSSR count). The fraction of sp³-hybridized carbons (Fsp3) is 0.0455. The van der Waals surface area contributed by atoms with Gasteiger partial charge in [0.05, 0.1) is 12.6 Å². The predicted octanol–water partition coefficient (Wildman–Crippen LogP) is 5.00. The van der Waals surface area contributed by atoms with E-state index in [-0.39, 0.29) is 5.43 Å². The van der Waals surface area contributed by atoms with Crippen LogP contribution in [0.4, 0.5) is 0 Å². The summed E-state index contributed by atoms with van der Waals surface area (Å²) in [4.78, 5) is 16.2. The standard InChI is InChI=1S/C22H17NO3/c1-25-16-12-10-15(11-13-16)19-14-23-21-18(22(19)24)8-5-9-20(21)26-17-6-3-2-4-7-17/h2-14H,1H3,(H,23,24). The van der Waals surface area contributed by atoms with E-state index in [2.05, 4.69) is 4.98 Å². The number of ether oxygens (including phenoxy) is 2. The quantitative estimate of drug-likeness (QED) is 0.567. The zero-order valence-corrected chi connectivity index (χ0v) is 14.2. The molecule has 0 radical (unpaired) electrons. The Bertz CT molecular complexity index is 1100. The van der Waals surface area contributed by atoms with E-state index in [1.165, 1.54) is 0 Å². The van der Waals surface area contributed by atoms with Gasteiger partial charge in [0.2, 0.25) is 0 Å². The number of benzene rings is 3. The second-order valence-corrected chi connectivity index (χ2v) is 5.85. The summed E-state index contributed by atoms with van der Waals surface area (Å²) in [6, 6.07) is 22.4. The van der Waals surface area contributed by atoms with Gasteiger partial charge in [0, 0.05) is 17.1 Å². The lowest BCUT2D eigenvalue weighted by Gasteiger charge is -2.10. The van der Waals surface area contributed by atoms with E-state index in [4.69, 9.17) is 9.47 Å². The third kappa shape index (κ3) is 2.93. The second kappa shape index (κ2) is 6.76. The monoisotopic (exact) mass is 343 g/mol. The number of aromatic amines is 1. The molecule has 4 heteroatoms. The highest BCUT2D eigenvalue weighted by Crippen LogP contribution is 2.28. The molecule has 0 saturated carbocycles. The molecule has 1 heterocycles. The number of aromatic nitrogens is 1. The Hall–Kier alpha value is -3.53. The average molecular weight is 343 g/mol. The van der Waals surface area contributed by atoms with E-state index in [0.29, 0.717) is 22.2 Å². The van der Waals surface area contributed by atoms with Crippen LogP contribution in [-0.2, 0) is 0 Å². The second-order valence-electron chi connectivity index (χ2n) is 5.85. The molecule has 0 aliphatic rings. The van der Waals surface area contributed by atoms with E-state index >= 15 is 0 Å². The van der Waals surface area contributed by atoms with Gasteiger partial charge < -0.3 is 14.5 Å². The minimum absolute atomic E-state index is 0.0394. The normalized spacial score (nSPS) is 10.7. The summed E-state index contributed by atoms with van der Waals surface area (Å²) in [5.74, 6) is 2.09. The van der Waals surface area contributed by atoms with E-state index < -0.39 is 0 Å². The maximum absolute atomic E-state index is 13.0. The highest BCUT2D eigenvalue weighted by atomic mass is 16.5. The van der Waals surface area contributed by atoms with Crippen molar-refractivity contribution in [1.29, 1.82) is 0 Å². The van der Waals surface area contributed by atoms with Gasteiger partial charge in [-0.15, -0.1) is 0 Å². The van der Waals surface area contributed by atoms with Gasteiger partial charge in [0.25, 0.3) is 0 Å². The lowest BCUT2D eigenvalue weighted by atomic mass is 10.0. The van der Waals surface area contributed by atoms with Crippen molar-refractivity contribution in [2.75, 3.05) is 7.11 Å². The van der Waals surface area contributed by atoms with Gasteiger partial charge in [-0.3, -0.25) is 4.79 Å². The lowest BCUT2D eigenvalue weighted by molar-refractivity contribution is 0.415. The van der Waals surface area contributed by atoms with Gasteiger partial charge in [-0.2, -0.15) is 0 Å². The summed E-state index contributed by atoms with van der Waals surface area (Å²) in [7, 11) is 1.62. The Morgan fingerprint density at radius 2 is 1.58 bits per heavy atom. The van der Waals surface area contributed by atoms with Crippen LogP contribution in [0.3, 0.4) is 0 Å². The minimum Gasteiger partial charge on any atom is -0.497 e. The molecule has 0 bridgehead atoms. The van der Waals surface area contributed by atoms with E-state index in [1.807, 2.05) is 66.7 Å². The Morgan fingerprint density at radius 1 is 0.808 bits per heavy atom. The molecule has 0 saturated heterocycles. The summed E-state index contributed by atoms with van der Waals surface area (Å²) in [5.41, 5.74) is 2.08. The molecule has 4 aromatic rings. The highest BCUT2D eigenvalue weighted by Gasteiger charge is 2.11. The summed E-state index contributed by atoms with van der Waals surface area (Å²) >= 11 is 0. The summed E-state index contributed by atoms with van der Waals surface area (Å²) < 4.78 is 11.1. The Balaban J connectivity index is 1.80. The number of nitrogens with one attached hydrogen (secondary N) is 1. The van der Waals surface area contributed by atoms with Crippen LogP contribution in [0.15, 0.2) is 83.8 Å². The van der Waals surface area contributed by atoms with Gasteiger partial charge >= 0.3 is 0 Å². The lowest BCUT2D eigenvalue weighted by Crippen LogP contribution is -2.07. The largest absolute Gasteiger partial charge is 0.497 e. The SMILES string of the molecule is COc1ccc(-c2c[nH]c3c(Oc4ccccc4)cccc3c2=O)cc1. The zero-order chi connectivity index (χ0) is 17.9. The van der Waals surface area contributed by atoms with E-state index in [9.17, 15) is 4.79 Å². The molecular formula is C22H17NO3. The molecule has 0 spiro atoms. The Labute approximate surface area is 150 Å². The minimum atomic E-state index is -0.0394. The molecule has 4 nitrogen and oxygen atoms in total. The smallest absolute Gasteiger partial charge is 0.197 e. The van der Waals surface area contributed by atoms with Crippen LogP contribution >= 0.6 is 0 Å². The molecule has 0 amide bonds. The van der Waals surface area contributed by atoms with Gasteiger partial charge in [0.1, 0.15) is 11.5 Å². The molecule has 0 atom stereocenters. The number of pyridine rings is 1. The van der Waals surface area contributed by atoms with Gasteiger partial charge in [-0.25, -0.2) is 0 Å². The van der Waals surface area contributed by atoms with Crippen molar-refractivity contribution in [2.45, 2.75) is 0 Å². The molecular weight excluding hydrogens is 326 g/mol. The summed E-state index contributed by atoms with van der Waals surface area (Å²) in [6.07, 6.45) is 1.73. The van der Waals surface area contributed by atoms with Crippen molar-refractivity contribution in [3.8, 4) is 28.4 Å². The first kappa shape index (κ1) is 16.0. The zero-order valence-electron chi connectivity index (χ0n) is 14.2. The fourth-order valence-corrected chi connectivity index (χ4v) is 2.91. The fourth-order valence-electron chi connectivity index (χ4n) is 2.91. The molecule has 0 aliphatic carbocycles. The summed E-state index contributed by atoms with van der Waals surface area (Å²) in [6.45, 7) is 0. The third-order valence-electron chi connectivity index (χ3n) is 4.25. The molecule has 0 unspecified atom stereocenters. The van der Waals surface area contributed by atoms with Crippen molar-refractivity contribution >= 4 is 10.9 Å². The van der Waals surface area contributed by atoms with Crippen LogP contribution in [0, 0.1) is 0 Å². The van der Waals surface area contributed by atoms with Crippen molar-refractivity contribution in [3.63, 3.8) is 0 Å². The Kier molecular flexibility index (Phi) is 4.15. The molecule has 3 aromatic carbocycles. The molecule has 0 fully saturated rings.